The maximum absolute atomic E-state index is 12.1. The van der Waals surface area contributed by atoms with Crippen LogP contribution in [0.5, 0.6) is 0 Å². The molecule has 0 radical (unpaired) electrons. The molecule has 2 heterocycles. The van der Waals surface area contributed by atoms with Crippen molar-refractivity contribution in [1.29, 1.82) is 0 Å². The van der Waals surface area contributed by atoms with Crippen molar-refractivity contribution in [3.05, 3.63) is 71.0 Å². The lowest BCUT2D eigenvalue weighted by molar-refractivity contribution is 0.101. The summed E-state index contributed by atoms with van der Waals surface area (Å²) in [6.07, 6.45) is 1.47. The van der Waals surface area contributed by atoms with Gasteiger partial charge in [0.1, 0.15) is 5.76 Å². The summed E-state index contributed by atoms with van der Waals surface area (Å²) in [5, 5.41) is 8.27. The minimum Gasteiger partial charge on any atom is -0.469 e. The van der Waals surface area contributed by atoms with Crippen LogP contribution in [0.4, 0.5) is 10.7 Å². The number of benzene rings is 1. The largest absolute Gasteiger partial charge is 0.469 e. The number of carbonyl (C=O) groups is 2. The average molecular weight is 326 g/mol. The molecular formula is C17H14N2O3S. The SMILES string of the molecule is Cc1occc1C(=O)Nc1ccc(C(=O)Nc2cccs2)cc1. The third-order valence-corrected chi connectivity index (χ3v) is 4.05. The van der Waals surface area contributed by atoms with Gasteiger partial charge >= 0.3 is 0 Å². The fourth-order valence-electron chi connectivity index (χ4n) is 2.06. The molecule has 0 fully saturated rings. The third kappa shape index (κ3) is 3.49. The van der Waals surface area contributed by atoms with Crippen LogP contribution >= 0.6 is 11.3 Å². The first-order valence-electron chi connectivity index (χ1n) is 6.94. The van der Waals surface area contributed by atoms with Crippen LogP contribution in [-0.2, 0) is 0 Å². The van der Waals surface area contributed by atoms with Gasteiger partial charge in [0.2, 0.25) is 0 Å². The molecule has 1 aromatic carbocycles. The second-order valence-corrected chi connectivity index (χ2v) is 5.80. The molecule has 0 saturated heterocycles. The Morgan fingerprint density at radius 2 is 1.78 bits per heavy atom. The monoisotopic (exact) mass is 326 g/mol. The molecule has 0 unspecified atom stereocenters. The van der Waals surface area contributed by atoms with Crippen molar-refractivity contribution in [3.63, 3.8) is 0 Å². The van der Waals surface area contributed by atoms with Gasteiger partial charge in [0, 0.05) is 11.3 Å². The summed E-state index contributed by atoms with van der Waals surface area (Å²) in [7, 11) is 0. The fraction of sp³-hybridized carbons (Fsp3) is 0.0588. The van der Waals surface area contributed by atoms with Crippen molar-refractivity contribution >= 4 is 33.8 Å². The number of aryl methyl sites for hydroxylation is 1. The third-order valence-electron chi connectivity index (χ3n) is 3.27. The van der Waals surface area contributed by atoms with E-state index in [1.807, 2.05) is 17.5 Å². The predicted octanol–water partition coefficient (Wildman–Crippen LogP) is 4.15. The Morgan fingerprint density at radius 1 is 1.00 bits per heavy atom. The van der Waals surface area contributed by atoms with E-state index in [1.165, 1.54) is 17.6 Å². The van der Waals surface area contributed by atoms with Crippen LogP contribution in [-0.4, -0.2) is 11.8 Å². The highest BCUT2D eigenvalue weighted by Crippen LogP contribution is 2.18. The first kappa shape index (κ1) is 15.1. The van der Waals surface area contributed by atoms with Crippen LogP contribution in [0.1, 0.15) is 26.5 Å². The maximum atomic E-state index is 12.1. The highest BCUT2D eigenvalue weighted by Gasteiger charge is 2.12. The van der Waals surface area contributed by atoms with Crippen molar-refractivity contribution in [2.24, 2.45) is 0 Å². The minimum atomic E-state index is -0.243. The lowest BCUT2D eigenvalue weighted by Gasteiger charge is -2.06. The molecule has 2 amide bonds. The summed E-state index contributed by atoms with van der Waals surface area (Å²) in [5.41, 5.74) is 1.63. The standard InChI is InChI=1S/C17H14N2O3S/c1-11-14(8-9-22-11)17(21)18-13-6-4-12(5-7-13)16(20)19-15-3-2-10-23-15/h2-10H,1H3,(H,18,21)(H,19,20). The lowest BCUT2D eigenvalue weighted by atomic mass is 10.2. The Hall–Kier alpha value is -2.86. The molecule has 116 valence electrons. The Kier molecular flexibility index (Phi) is 4.25. The second kappa shape index (κ2) is 6.50. The summed E-state index contributed by atoms with van der Waals surface area (Å²) in [5.74, 6) is 0.137. The van der Waals surface area contributed by atoms with E-state index >= 15 is 0 Å². The molecule has 23 heavy (non-hydrogen) atoms. The van der Waals surface area contributed by atoms with Crippen LogP contribution in [0.2, 0.25) is 0 Å². The Bertz CT molecular complexity index is 820. The summed E-state index contributed by atoms with van der Waals surface area (Å²) in [4.78, 5) is 24.2. The first-order chi connectivity index (χ1) is 11.1. The first-order valence-corrected chi connectivity index (χ1v) is 7.82. The van der Waals surface area contributed by atoms with Crippen molar-refractivity contribution in [2.75, 3.05) is 10.6 Å². The van der Waals surface area contributed by atoms with Crippen molar-refractivity contribution < 1.29 is 14.0 Å². The number of amides is 2. The molecule has 0 saturated carbocycles. The van der Waals surface area contributed by atoms with E-state index in [1.54, 1.807) is 37.3 Å². The number of rotatable bonds is 4. The number of furan rings is 1. The van der Waals surface area contributed by atoms with Crippen LogP contribution in [0.25, 0.3) is 0 Å². The van der Waals surface area contributed by atoms with Gasteiger partial charge in [-0.25, -0.2) is 0 Å². The minimum absolute atomic E-state index is 0.184. The Labute approximate surface area is 136 Å². The van der Waals surface area contributed by atoms with Crippen molar-refractivity contribution in [3.8, 4) is 0 Å². The van der Waals surface area contributed by atoms with Gasteiger partial charge in [-0.3, -0.25) is 9.59 Å². The summed E-state index contributed by atoms with van der Waals surface area (Å²) in [6.45, 7) is 1.73. The molecule has 0 spiro atoms. The quantitative estimate of drug-likeness (QED) is 0.756. The smallest absolute Gasteiger partial charge is 0.259 e. The highest BCUT2D eigenvalue weighted by molar-refractivity contribution is 7.14. The number of carbonyl (C=O) groups excluding carboxylic acids is 2. The summed E-state index contributed by atoms with van der Waals surface area (Å²) < 4.78 is 5.11. The van der Waals surface area contributed by atoms with Gasteiger partial charge in [-0.1, -0.05) is 0 Å². The van der Waals surface area contributed by atoms with Crippen LogP contribution in [0.3, 0.4) is 0 Å². The van der Waals surface area contributed by atoms with E-state index in [4.69, 9.17) is 4.42 Å². The van der Waals surface area contributed by atoms with Gasteiger partial charge in [0.15, 0.2) is 0 Å². The fourth-order valence-corrected chi connectivity index (χ4v) is 2.67. The molecular weight excluding hydrogens is 312 g/mol. The van der Waals surface area contributed by atoms with E-state index in [0.717, 1.165) is 5.00 Å². The number of anilines is 2. The molecule has 2 N–H and O–H groups in total. The zero-order valence-electron chi connectivity index (χ0n) is 12.3. The Morgan fingerprint density at radius 3 is 2.39 bits per heavy atom. The summed E-state index contributed by atoms with van der Waals surface area (Å²) in [6, 6.07) is 12.0. The van der Waals surface area contributed by atoms with Gasteiger partial charge in [0.05, 0.1) is 16.8 Å². The molecule has 5 nitrogen and oxygen atoms in total. The molecule has 6 heteroatoms. The van der Waals surface area contributed by atoms with Crippen molar-refractivity contribution in [1.82, 2.24) is 0 Å². The molecule has 0 aliphatic rings. The van der Waals surface area contributed by atoms with Gasteiger partial charge < -0.3 is 15.1 Å². The molecule has 0 bridgehead atoms. The van der Waals surface area contributed by atoms with E-state index < -0.39 is 0 Å². The predicted molar refractivity (Wildman–Crippen MR) is 90.1 cm³/mol. The highest BCUT2D eigenvalue weighted by atomic mass is 32.1. The van der Waals surface area contributed by atoms with Crippen LogP contribution < -0.4 is 10.6 Å². The lowest BCUT2D eigenvalue weighted by Crippen LogP contribution is -2.13. The normalized spacial score (nSPS) is 10.3. The summed E-state index contributed by atoms with van der Waals surface area (Å²) >= 11 is 1.46. The van der Waals surface area contributed by atoms with Gasteiger partial charge in [-0.2, -0.15) is 0 Å². The van der Waals surface area contributed by atoms with Crippen LogP contribution in [0, 0.1) is 6.92 Å². The van der Waals surface area contributed by atoms with E-state index in [0.29, 0.717) is 22.6 Å². The van der Waals surface area contributed by atoms with Gasteiger partial charge in [-0.15, -0.1) is 11.3 Å². The number of hydrogen-bond donors (Lipinski definition) is 2. The molecule has 0 aliphatic carbocycles. The molecule has 0 aliphatic heterocycles. The average Bonchev–Trinajstić information content (AvgIpc) is 3.19. The zero-order valence-corrected chi connectivity index (χ0v) is 13.1. The molecule has 3 aromatic rings. The number of thiophene rings is 1. The number of hydrogen-bond acceptors (Lipinski definition) is 4. The topological polar surface area (TPSA) is 71.3 Å². The van der Waals surface area contributed by atoms with Crippen molar-refractivity contribution in [2.45, 2.75) is 6.92 Å². The van der Waals surface area contributed by atoms with Gasteiger partial charge in [0.25, 0.3) is 11.8 Å². The molecule has 0 atom stereocenters. The van der Waals surface area contributed by atoms with Crippen LogP contribution in [0.15, 0.2) is 58.5 Å². The maximum Gasteiger partial charge on any atom is 0.259 e. The second-order valence-electron chi connectivity index (χ2n) is 4.85. The van der Waals surface area contributed by atoms with Gasteiger partial charge in [-0.05, 0) is 54.8 Å². The Balaban J connectivity index is 1.66. The van der Waals surface area contributed by atoms with E-state index in [2.05, 4.69) is 10.6 Å². The molecule has 3 rings (SSSR count). The van der Waals surface area contributed by atoms with E-state index in [9.17, 15) is 9.59 Å². The number of nitrogens with one attached hydrogen (secondary N) is 2. The molecule has 2 aromatic heterocycles. The van der Waals surface area contributed by atoms with E-state index in [-0.39, 0.29) is 11.8 Å². The zero-order chi connectivity index (χ0) is 16.2.